The molecule has 0 saturated carbocycles. The SMILES string of the molecule is Cc1ccc2nc3c4ccccc4c(N4CCCCC4)cc3[n+](-c3ccccc3)c2c1. The summed E-state index contributed by atoms with van der Waals surface area (Å²) < 4.78 is 2.39. The van der Waals surface area contributed by atoms with Crippen LogP contribution < -0.4 is 9.47 Å². The fraction of sp³-hybridized carbons (Fsp3) is 0.214. The number of rotatable bonds is 2. The Bertz CT molecular complexity index is 1420. The molecule has 2 heterocycles. The van der Waals surface area contributed by atoms with Crippen molar-refractivity contribution in [1.29, 1.82) is 0 Å². The van der Waals surface area contributed by atoms with Gasteiger partial charge in [0.25, 0.3) is 0 Å². The fourth-order valence-electron chi connectivity index (χ4n) is 5.02. The van der Waals surface area contributed by atoms with Crippen LogP contribution in [0, 0.1) is 6.92 Å². The molecule has 0 radical (unpaired) electrons. The molecule has 6 rings (SSSR count). The lowest BCUT2D eigenvalue weighted by Crippen LogP contribution is -2.34. The Morgan fingerprint density at radius 1 is 0.742 bits per heavy atom. The highest BCUT2D eigenvalue weighted by Crippen LogP contribution is 2.34. The Kier molecular flexibility index (Phi) is 4.34. The minimum Gasteiger partial charge on any atom is -0.371 e. The summed E-state index contributed by atoms with van der Waals surface area (Å²) in [6.07, 6.45) is 3.86. The molecule has 31 heavy (non-hydrogen) atoms. The summed E-state index contributed by atoms with van der Waals surface area (Å²) in [6, 6.07) is 28.4. The highest BCUT2D eigenvalue weighted by molar-refractivity contribution is 6.10. The third kappa shape index (κ3) is 3.04. The zero-order valence-corrected chi connectivity index (χ0v) is 17.9. The summed E-state index contributed by atoms with van der Waals surface area (Å²) in [6.45, 7) is 4.40. The van der Waals surface area contributed by atoms with E-state index < -0.39 is 0 Å². The van der Waals surface area contributed by atoms with Crippen LogP contribution in [0.15, 0.2) is 78.9 Å². The molecule has 0 atom stereocenters. The van der Waals surface area contributed by atoms with Crippen molar-refractivity contribution in [3.8, 4) is 5.69 Å². The molecule has 1 aliphatic heterocycles. The Balaban J connectivity index is 1.79. The van der Waals surface area contributed by atoms with E-state index in [2.05, 4.69) is 95.3 Å². The van der Waals surface area contributed by atoms with Gasteiger partial charge in [-0.1, -0.05) is 48.5 Å². The third-order valence-electron chi connectivity index (χ3n) is 6.53. The van der Waals surface area contributed by atoms with Crippen LogP contribution in [0.3, 0.4) is 0 Å². The molecule has 3 heteroatoms. The van der Waals surface area contributed by atoms with Gasteiger partial charge in [-0.25, -0.2) is 4.98 Å². The summed E-state index contributed by atoms with van der Waals surface area (Å²) in [5.41, 5.74) is 8.17. The van der Waals surface area contributed by atoms with E-state index in [0.29, 0.717) is 0 Å². The molecule has 0 unspecified atom stereocenters. The van der Waals surface area contributed by atoms with E-state index in [9.17, 15) is 0 Å². The molecule has 1 fully saturated rings. The second kappa shape index (κ2) is 7.35. The van der Waals surface area contributed by atoms with E-state index in [-0.39, 0.29) is 0 Å². The molecule has 3 nitrogen and oxygen atoms in total. The second-order valence-corrected chi connectivity index (χ2v) is 8.63. The highest BCUT2D eigenvalue weighted by atomic mass is 15.1. The van der Waals surface area contributed by atoms with Crippen LogP contribution in [-0.2, 0) is 0 Å². The van der Waals surface area contributed by atoms with Crippen LogP contribution in [0.1, 0.15) is 24.8 Å². The molecule has 4 aromatic carbocycles. The predicted octanol–water partition coefficient (Wildman–Crippen LogP) is 6.12. The average Bonchev–Trinajstić information content (AvgIpc) is 2.83. The molecule has 0 amide bonds. The smallest absolute Gasteiger partial charge is 0.240 e. The number of hydrogen-bond donors (Lipinski definition) is 0. The van der Waals surface area contributed by atoms with Gasteiger partial charge in [0.2, 0.25) is 16.7 Å². The average molecular weight is 405 g/mol. The van der Waals surface area contributed by atoms with Gasteiger partial charge >= 0.3 is 0 Å². The highest BCUT2D eigenvalue weighted by Gasteiger charge is 2.24. The third-order valence-corrected chi connectivity index (χ3v) is 6.53. The van der Waals surface area contributed by atoms with Crippen molar-refractivity contribution >= 4 is 38.5 Å². The minimum absolute atomic E-state index is 1.03. The lowest BCUT2D eigenvalue weighted by atomic mass is 10.0. The van der Waals surface area contributed by atoms with Gasteiger partial charge in [-0.3, -0.25) is 0 Å². The molecule has 152 valence electrons. The Morgan fingerprint density at radius 3 is 2.29 bits per heavy atom. The maximum absolute atomic E-state index is 5.18. The van der Waals surface area contributed by atoms with Crippen molar-refractivity contribution in [1.82, 2.24) is 4.98 Å². The fourth-order valence-corrected chi connectivity index (χ4v) is 5.02. The van der Waals surface area contributed by atoms with E-state index in [4.69, 9.17) is 4.98 Å². The first-order valence-electron chi connectivity index (χ1n) is 11.3. The largest absolute Gasteiger partial charge is 0.371 e. The van der Waals surface area contributed by atoms with Gasteiger partial charge in [-0.15, -0.1) is 4.57 Å². The number of hydrogen-bond acceptors (Lipinski definition) is 2. The van der Waals surface area contributed by atoms with Crippen LogP contribution in [0.2, 0.25) is 0 Å². The van der Waals surface area contributed by atoms with Gasteiger partial charge < -0.3 is 4.90 Å². The number of piperidine rings is 1. The van der Waals surface area contributed by atoms with E-state index in [1.807, 2.05) is 0 Å². The molecule has 1 aromatic heterocycles. The van der Waals surface area contributed by atoms with Gasteiger partial charge in [-0.05, 0) is 37.8 Å². The molecule has 0 N–H and O–H groups in total. The first-order chi connectivity index (χ1) is 15.3. The molecular formula is C28H26N3+. The maximum Gasteiger partial charge on any atom is 0.240 e. The Labute approximate surface area is 182 Å². The lowest BCUT2D eigenvalue weighted by Gasteiger charge is -2.30. The minimum atomic E-state index is 1.03. The van der Waals surface area contributed by atoms with Gasteiger partial charge in [0.05, 0.1) is 5.69 Å². The molecule has 1 saturated heterocycles. The van der Waals surface area contributed by atoms with Gasteiger partial charge in [0, 0.05) is 48.1 Å². The molecule has 1 aliphatic rings. The van der Waals surface area contributed by atoms with Crippen LogP contribution in [0.25, 0.3) is 38.5 Å². The summed E-state index contributed by atoms with van der Waals surface area (Å²) in [4.78, 5) is 7.75. The Morgan fingerprint density at radius 2 is 1.48 bits per heavy atom. The second-order valence-electron chi connectivity index (χ2n) is 8.63. The van der Waals surface area contributed by atoms with Crippen molar-refractivity contribution in [2.75, 3.05) is 18.0 Å². The van der Waals surface area contributed by atoms with Crippen molar-refractivity contribution in [3.63, 3.8) is 0 Å². The summed E-state index contributed by atoms with van der Waals surface area (Å²) in [5.74, 6) is 0. The standard InChI is InChI=1S/C28H26N3/c1-20-14-15-24-26(18-20)31(21-10-4-2-5-11-21)27-19-25(30-16-8-3-9-17-30)22-12-6-7-13-23(22)28(27)29-24/h2,4-7,10-15,18-19H,3,8-9,16-17H2,1H3/q+1. The van der Waals surface area contributed by atoms with Crippen LogP contribution in [0.4, 0.5) is 5.69 Å². The van der Waals surface area contributed by atoms with Gasteiger partial charge in [-0.2, -0.15) is 0 Å². The summed E-state index contributed by atoms with van der Waals surface area (Å²) >= 11 is 0. The number of anilines is 1. The molecule has 0 bridgehead atoms. The van der Waals surface area contributed by atoms with Crippen molar-refractivity contribution in [2.45, 2.75) is 26.2 Å². The molecular weight excluding hydrogens is 378 g/mol. The Hall–Kier alpha value is -3.46. The number of benzene rings is 4. The zero-order valence-electron chi connectivity index (χ0n) is 17.9. The van der Waals surface area contributed by atoms with Crippen LogP contribution >= 0.6 is 0 Å². The van der Waals surface area contributed by atoms with Crippen molar-refractivity contribution in [2.24, 2.45) is 0 Å². The maximum atomic E-state index is 5.18. The number of nitrogens with zero attached hydrogens (tertiary/aromatic N) is 3. The van der Waals surface area contributed by atoms with E-state index in [1.54, 1.807) is 0 Å². The quantitative estimate of drug-likeness (QED) is 0.201. The molecule has 5 aromatic rings. The number of aromatic nitrogens is 2. The topological polar surface area (TPSA) is 20.0 Å². The molecule has 0 aliphatic carbocycles. The van der Waals surface area contributed by atoms with Crippen molar-refractivity contribution < 1.29 is 4.57 Å². The lowest BCUT2D eigenvalue weighted by molar-refractivity contribution is -0.538. The van der Waals surface area contributed by atoms with Crippen LogP contribution in [0.5, 0.6) is 0 Å². The number of fused-ring (bicyclic) bond motifs is 4. The predicted molar refractivity (Wildman–Crippen MR) is 129 cm³/mol. The van der Waals surface area contributed by atoms with Gasteiger partial charge in [0.15, 0.2) is 0 Å². The summed E-state index contributed by atoms with van der Waals surface area (Å²) in [7, 11) is 0. The van der Waals surface area contributed by atoms with Crippen LogP contribution in [-0.4, -0.2) is 18.1 Å². The van der Waals surface area contributed by atoms with E-state index in [1.165, 1.54) is 52.5 Å². The molecule has 0 spiro atoms. The first-order valence-corrected chi connectivity index (χ1v) is 11.3. The normalized spacial score (nSPS) is 14.5. The zero-order chi connectivity index (χ0) is 20.8. The first kappa shape index (κ1) is 18.3. The summed E-state index contributed by atoms with van der Waals surface area (Å²) in [5, 5.41) is 2.53. The number of aryl methyl sites for hydroxylation is 1. The van der Waals surface area contributed by atoms with Crippen molar-refractivity contribution in [3.05, 3.63) is 84.4 Å². The van der Waals surface area contributed by atoms with E-state index in [0.717, 1.165) is 29.6 Å². The van der Waals surface area contributed by atoms with E-state index >= 15 is 0 Å². The van der Waals surface area contributed by atoms with Gasteiger partial charge in [0.1, 0.15) is 11.0 Å². The number of para-hydroxylation sites is 1. The monoisotopic (exact) mass is 404 g/mol.